The molecular formula is C10H20N2OS. The van der Waals surface area contributed by atoms with Gasteiger partial charge in [-0.15, -0.1) is 0 Å². The number of carbonyl (C=O) groups is 1. The molecule has 1 amide bonds. The Morgan fingerprint density at radius 1 is 1.71 bits per heavy atom. The highest BCUT2D eigenvalue weighted by molar-refractivity contribution is 7.99. The van der Waals surface area contributed by atoms with E-state index in [1.807, 2.05) is 25.6 Å². The minimum Gasteiger partial charge on any atom is -0.352 e. The van der Waals surface area contributed by atoms with E-state index in [9.17, 15) is 4.79 Å². The summed E-state index contributed by atoms with van der Waals surface area (Å²) in [5.41, 5.74) is 5.24. The van der Waals surface area contributed by atoms with E-state index >= 15 is 0 Å². The highest BCUT2D eigenvalue weighted by atomic mass is 32.2. The summed E-state index contributed by atoms with van der Waals surface area (Å²) < 4.78 is 0. The second-order valence-corrected chi connectivity index (χ2v) is 5.30. The second kappa shape index (κ2) is 5.03. The van der Waals surface area contributed by atoms with Crippen molar-refractivity contribution in [2.75, 3.05) is 18.1 Å². The second-order valence-electron chi connectivity index (χ2n) is 4.15. The molecule has 1 rings (SSSR count). The third kappa shape index (κ3) is 2.64. The molecule has 1 saturated heterocycles. The van der Waals surface area contributed by atoms with Crippen LogP contribution in [0.2, 0.25) is 0 Å². The molecule has 1 aliphatic rings. The molecule has 0 spiro atoms. The molecule has 0 saturated carbocycles. The number of carbonyl (C=O) groups excluding carboxylic acids is 1. The number of thioether (sulfide) groups is 1. The fourth-order valence-electron chi connectivity index (χ4n) is 1.41. The van der Waals surface area contributed by atoms with Crippen LogP contribution in [-0.2, 0) is 4.79 Å². The molecule has 1 aliphatic heterocycles. The molecule has 0 aromatic heterocycles. The van der Waals surface area contributed by atoms with Gasteiger partial charge < -0.3 is 11.1 Å². The van der Waals surface area contributed by atoms with Crippen molar-refractivity contribution in [2.24, 2.45) is 11.1 Å². The average Bonchev–Trinajstić information content (AvgIpc) is 2.69. The molecule has 3 N–H and O–H groups in total. The summed E-state index contributed by atoms with van der Waals surface area (Å²) in [5.74, 6) is 2.34. The normalized spacial score (nSPS) is 25.8. The van der Waals surface area contributed by atoms with Crippen LogP contribution in [0.15, 0.2) is 0 Å². The maximum Gasteiger partial charge on any atom is 0.227 e. The predicted octanol–water partition coefficient (Wildman–Crippen LogP) is 0.983. The van der Waals surface area contributed by atoms with Gasteiger partial charge in [0.05, 0.1) is 5.41 Å². The maximum atomic E-state index is 11.9. The Hall–Kier alpha value is -0.220. The molecular weight excluding hydrogens is 196 g/mol. The van der Waals surface area contributed by atoms with Gasteiger partial charge in [0.25, 0.3) is 0 Å². The fourth-order valence-corrected chi connectivity index (χ4v) is 2.56. The van der Waals surface area contributed by atoms with E-state index in [0.29, 0.717) is 12.6 Å². The molecule has 14 heavy (non-hydrogen) atoms. The summed E-state index contributed by atoms with van der Waals surface area (Å²) in [7, 11) is 0. The molecule has 1 heterocycles. The SMILES string of the molecule is CCC(C)(CN)C(=O)NC1CCSC1. The van der Waals surface area contributed by atoms with Crippen LogP contribution in [0.3, 0.4) is 0 Å². The highest BCUT2D eigenvalue weighted by Gasteiger charge is 2.31. The van der Waals surface area contributed by atoms with E-state index in [4.69, 9.17) is 5.73 Å². The monoisotopic (exact) mass is 216 g/mol. The minimum atomic E-state index is -0.382. The Kier molecular flexibility index (Phi) is 4.26. The molecule has 4 heteroatoms. The fraction of sp³-hybridized carbons (Fsp3) is 0.900. The molecule has 0 radical (unpaired) electrons. The Morgan fingerprint density at radius 2 is 2.43 bits per heavy atom. The van der Waals surface area contributed by atoms with Gasteiger partial charge in [-0.3, -0.25) is 4.79 Å². The molecule has 0 aromatic rings. The van der Waals surface area contributed by atoms with E-state index in [1.54, 1.807) is 0 Å². The molecule has 2 atom stereocenters. The summed E-state index contributed by atoms with van der Waals surface area (Å²) >= 11 is 1.90. The Balaban J connectivity index is 2.46. The van der Waals surface area contributed by atoms with Crippen molar-refractivity contribution < 1.29 is 4.79 Å². The number of rotatable bonds is 4. The zero-order valence-electron chi connectivity index (χ0n) is 9.01. The standard InChI is InChI=1S/C10H20N2OS/c1-3-10(2,7-11)9(13)12-8-4-5-14-6-8/h8H,3-7,11H2,1-2H3,(H,12,13). The molecule has 0 aliphatic carbocycles. The number of nitrogens with two attached hydrogens (primary N) is 1. The van der Waals surface area contributed by atoms with Crippen LogP contribution >= 0.6 is 11.8 Å². The van der Waals surface area contributed by atoms with Gasteiger partial charge in [0.2, 0.25) is 5.91 Å². The molecule has 2 unspecified atom stereocenters. The summed E-state index contributed by atoms with van der Waals surface area (Å²) in [6.07, 6.45) is 1.90. The van der Waals surface area contributed by atoms with Crippen molar-refractivity contribution in [1.82, 2.24) is 5.32 Å². The van der Waals surface area contributed by atoms with Crippen molar-refractivity contribution >= 4 is 17.7 Å². The lowest BCUT2D eigenvalue weighted by molar-refractivity contribution is -0.130. The first-order chi connectivity index (χ1) is 6.62. The zero-order chi connectivity index (χ0) is 10.6. The van der Waals surface area contributed by atoms with Gasteiger partial charge in [-0.05, 0) is 25.5 Å². The quantitative estimate of drug-likeness (QED) is 0.736. The van der Waals surface area contributed by atoms with Crippen LogP contribution in [0, 0.1) is 5.41 Å². The van der Waals surface area contributed by atoms with Gasteiger partial charge in [-0.1, -0.05) is 6.92 Å². The van der Waals surface area contributed by atoms with Crippen molar-refractivity contribution in [3.05, 3.63) is 0 Å². The number of hydrogen-bond acceptors (Lipinski definition) is 3. The maximum absolute atomic E-state index is 11.9. The first-order valence-electron chi connectivity index (χ1n) is 5.21. The van der Waals surface area contributed by atoms with Crippen LogP contribution in [0.4, 0.5) is 0 Å². The summed E-state index contributed by atoms with van der Waals surface area (Å²) in [4.78, 5) is 11.9. The highest BCUT2D eigenvalue weighted by Crippen LogP contribution is 2.22. The summed E-state index contributed by atoms with van der Waals surface area (Å²) in [5, 5.41) is 3.08. The van der Waals surface area contributed by atoms with Crippen LogP contribution in [0.25, 0.3) is 0 Å². The van der Waals surface area contributed by atoms with Crippen molar-refractivity contribution in [1.29, 1.82) is 0 Å². The lowest BCUT2D eigenvalue weighted by atomic mass is 9.86. The van der Waals surface area contributed by atoms with Gasteiger partial charge in [0.15, 0.2) is 0 Å². The third-order valence-corrected chi connectivity index (χ3v) is 4.21. The van der Waals surface area contributed by atoms with Gasteiger partial charge >= 0.3 is 0 Å². The lowest BCUT2D eigenvalue weighted by Gasteiger charge is -2.26. The third-order valence-electron chi connectivity index (χ3n) is 3.04. The number of hydrogen-bond donors (Lipinski definition) is 2. The Labute approximate surface area is 90.2 Å². The van der Waals surface area contributed by atoms with Crippen LogP contribution < -0.4 is 11.1 Å². The van der Waals surface area contributed by atoms with Crippen LogP contribution in [0.1, 0.15) is 26.7 Å². The van der Waals surface area contributed by atoms with E-state index in [2.05, 4.69) is 5.32 Å². The largest absolute Gasteiger partial charge is 0.352 e. The summed E-state index contributed by atoms with van der Waals surface area (Å²) in [6.45, 7) is 4.37. The van der Waals surface area contributed by atoms with Gasteiger partial charge in [-0.2, -0.15) is 11.8 Å². The van der Waals surface area contributed by atoms with Gasteiger partial charge in [-0.25, -0.2) is 0 Å². The lowest BCUT2D eigenvalue weighted by Crippen LogP contribution is -2.47. The van der Waals surface area contributed by atoms with E-state index in [0.717, 1.165) is 24.3 Å². The first-order valence-corrected chi connectivity index (χ1v) is 6.36. The Bertz CT molecular complexity index is 198. The number of amides is 1. The Morgan fingerprint density at radius 3 is 2.86 bits per heavy atom. The topological polar surface area (TPSA) is 55.1 Å². The van der Waals surface area contributed by atoms with Crippen LogP contribution in [-0.4, -0.2) is 30.0 Å². The van der Waals surface area contributed by atoms with Crippen molar-refractivity contribution in [3.63, 3.8) is 0 Å². The number of nitrogens with one attached hydrogen (secondary N) is 1. The first kappa shape index (κ1) is 11.9. The van der Waals surface area contributed by atoms with Gasteiger partial charge in [0, 0.05) is 18.3 Å². The minimum absolute atomic E-state index is 0.120. The van der Waals surface area contributed by atoms with Crippen LogP contribution in [0.5, 0.6) is 0 Å². The molecule has 0 aromatic carbocycles. The van der Waals surface area contributed by atoms with Gasteiger partial charge in [0.1, 0.15) is 0 Å². The average molecular weight is 216 g/mol. The van der Waals surface area contributed by atoms with Crippen molar-refractivity contribution in [3.8, 4) is 0 Å². The molecule has 3 nitrogen and oxygen atoms in total. The van der Waals surface area contributed by atoms with E-state index in [1.165, 1.54) is 0 Å². The molecule has 1 fully saturated rings. The summed E-state index contributed by atoms with van der Waals surface area (Å²) in [6, 6.07) is 0.366. The van der Waals surface area contributed by atoms with Crippen molar-refractivity contribution in [2.45, 2.75) is 32.7 Å². The zero-order valence-corrected chi connectivity index (χ0v) is 9.82. The van der Waals surface area contributed by atoms with E-state index < -0.39 is 0 Å². The predicted molar refractivity (Wildman–Crippen MR) is 61.3 cm³/mol. The molecule has 82 valence electrons. The van der Waals surface area contributed by atoms with E-state index in [-0.39, 0.29) is 11.3 Å². The molecule has 0 bridgehead atoms. The smallest absolute Gasteiger partial charge is 0.227 e.